The third-order valence-corrected chi connectivity index (χ3v) is 2.27. The lowest BCUT2D eigenvalue weighted by Crippen LogP contribution is -2.27. The summed E-state index contributed by atoms with van der Waals surface area (Å²) in [5.74, 6) is -0.0641. The number of amides is 1. The molecule has 1 aliphatic heterocycles. The first kappa shape index (κ1) is 12.1. The van der Waals surface area contributed by atoms with Gasteiger partial charge in [-0.3, -0.25) is 9.59 Å². The van der Waals surface area contributed by atoms with Gasteiger partial charge < -0.3 is 9.64 Å². The van der Waals surface area contributed by atoms with Crippen molar-refractivity contribution in [2.75, 3.05) is 19.8 Å². The van der Waals surface area contributed by atoms with E-state index in [0.29, 0.717) is 31.9 Å². The minimum absolute atomic E-state index is 0.0262. The molecule has 1 aliphatic rings. The molecule has 15 heavy (non-hydrogen) atoms. The van der Waals surface area contributed by atoms with Gasteiger partial charge in [-0.25, -0.2) is 0 Å². The van der Waals surface area contributed by atoms with Gasteiger partial charge in [0, 0.05) is 24.7 Å². The Hall–Kier alpha value is -0.990. The lowest BCUT2D eigenvalue weighted by Gasteiger charge is -2.16. The first-order chi connectivity index (χ1) is 7.11. The van der Waals surface area contributed by atoms with Crippen molar-refractivity contribution in [1.29, 1.82) is 0 Å². The van der Waals surface area contributed by atoms with E-state index in [0.717, 1.165) is 0 Å². The van der Waals surface area contributed by atoms with Crippen LogP contribution in [0.15, 0.2) is 24.4 Å². The molecule has 0 radical (unpaired) electrons. The molecule has 0 saturated carbocycles. The lowest BCUT2D eigenvalue weighted by molar-refractivity contribution is -0.124. The van der Waals surface area contributed by atoms with Crippen LogP contribution < -0.4 is 0 Å². The molecule has 4 nitrogen and oxygen atoms in total. The Balaban J connectivity index is 2.13. The summed E-state index contributed by atoms with van der Waals surface area (Å²) in [6.07, 6.45) is 3.54. The predicted molar refractivity (Wildman–Crippen MR) is 60.1 cm³/mol. The summed E-state index contributed by atoms with van der Waals surface area (Å²) < 4.78 is 5.21. The van der Waals surface area contributed by atoms with Crippen LogP contribution in [0.1, 0.15) is 6.42 Å². The van der Waals surface area contributed by atoms with Crippen LogP contribution in [0.5, 0.6) is 0 Å². The normalized spacial score (nSPS) is 15.1. The zero-order valence-electron chi connectivity index (χ0n) is 8.44. The maximum atomic E-state index is 11.2. The predicted octanol–water partition coefficient (Wildman–Crippen LogP) is 0.707. The Morgan fingerprint density at radius 2 is 2.20 bits per heavy atom. The molecule has 1 heterocycles. The molecule has 0 bridgehead atoms. The second-order valence-corrected chi connectivity index (χ2v) is 3.79. The van der Waals surface area contributed by atoms with E-state index in [9.17, 15) is 9.59 Å². The molecule has 0 fully saturated rings. The highest BCUT2D eigenvalue weighted by Gasteiger charge is 2.17. The van der Waals surface area contributed by atoms with Gasteiger partial charge in [0.25, 0.3) is 5.91 Å². The van der Waals surface area contributed by atoms with Crippen LogP contribution in [0.2, 0.25) is 0 Å². The van der Waals surface area contributed by atoms with E-state index in [1.807, 2.05) is 0 Å². The molecule has 0 spiro atoms. The smallest absolute Gasteiger partial charge is 0.251 e. The maximum Gasteiger partial charge on any atom is 0.251 e. The zero-order valence-corrected chi connectivity index (χ0v) is 9.59. The number of carbonyl (C=O) groups is 2. The summed E-state index contributed by atoms with van der Waals surface area (Å²) in [4.78, 5) is 23.3. The third-order valence-electron chi connectivity index (χ3n) is 1.98. The van der Waals surface area contributed by atoms with Gasteiger partial charge in [-0.05, 0) is 6.08 Å². The van der Waals surface area contributed by atoms with Crippen LogP contribution in [0.3, 0.4) is 0 Å². The summed E-state index contributed by atoms with van der Waals surface area (Å²) in [7, 11) is 2.09. The Bertz CT molecular complexity index is 294. The molecule has 1 atom stereocenters. The topological polar surface area (TPSA) is 46.6 Å². The van der Waals surface area contributed by atoms with Gasteiger partial charge in [0.1, 0.15) is 0 Å². The Morgan fingerprint density at radius 3 is 2.73 bits per heavy atom. The molecule has 0 saturated heterocycles. The summed E-state index contributed by atoms with van der Waals surface area (Å²) in [6.45, 7) is 5.01. The van der Waals surface area contributed by atoms with Crippen molar-refractivity contribution >= 4 is 20.7 Å². The highest BCUT2D eigenvalue weighted by molar-refractivity contribution is 7.40. The van der Waals surface area contributed by atoms with Gasteiger partial charge in [-0.1, -0.05) is 15.8 Å². The Morgan fingerprint density at radius 1 is 1.47 bits per heavy atom. The highest BCUT2D eigenvalue weighted by atomic mass is 31.0. The number of hydrogen-bond donors (Lipinski definition) is 0. The van der Waals surface area contributed by atoms with Crippen LogP contribution in [-0.2, 0) is 14.3 Å². The van der Waals surface area contributed by atoms with Gasteiger partial charge in [0.2, 0.25) is 0 Å². The van der Waals surface area contributed by atoms with E-state index < -0.39 is 0 Å². The van der Waals surface area contributed by atoms with Gasteiger partial charge in [-0.2, -0.15) is 0 Å². The maximum absolute atomic E-state index is 11.2. The number of allylic oxidation sites excluding steroid dienone is 1. The Kier molecular flexibility index (Phi) is 4.66. The average Bonchev–Trinajstić information content (AvgIpc) is 2.47. The molecule has 1 rings (SSSR count). The minimum atomic E-state index is -0.0641. The van der Waals surface area contributed by atoms with Crippen LogP contribution >= 0.6 is 9.24 Å². The van der Waals surface area contributed by atoms with E-state index in [4.69, 9.17) is 4.74 Å². The van der Waals surface area contributed by atoms with Crippen LogP contribution in [0, 0.1) is 0 Å². The van der Waals surface area contributed by atoms with E-state index >= 15 is 0 Å². The number of rotatable bonds is 6. The van der Waals surface area contributed by atoms with Crippen molar-refractivity contribution < 1.29 is 14.3 Å². The second-order valence-electron chi connectivity index (χ2n) is 3.14. The largest absolute Gasteiger partial charge is 0.379 e. The fourth-order valence-electron chi connectivity index (χ4n) is 1.17. The van der Waals surface area contributed by atoms with Gasteiger partial charge in [0.15, 0.2) is 5.52 Å². The van der Waals surface area contributed by atoms with Crippen molar-refractivity contribution in [3.05, 3.63) is 24.4 Å². The van der Waals surface area contributed by atoms with E-state index in [-0.39, 0.29) is 11.4 Å². The minimum Gasteiger partial charge on any atom is -0.379 e. The van der Waals surface area contributed by atoms with Crippen molar-refractivity contribution in [3.8, 4) is 0 Å². The SMILES string of the molecule is C=C1C=CC(=O)N1CCOCCC(=O)P. The average molecular weight is 227 g/mol. The van der Waals surface area contributed by atoms with Gasteiger partial charge in [-0.15, -0.1) is 0 Å². The summed E-state index contributed by atoms with van der Waals surface area (Å²) >= 11 is 0. The molecule has 0 N–H and O–H groups in total. The zero-order chi connectivity index (χ0) is 11.3. The van der Waals surface area contributed by atoms with Crippen molar-refractivity contribution in [3.63, 3.8) is 0 Å². The molecule has 1 amide bonds. The quantitative estimate of drug-likeness (QED) is 0.496. The van der Waals surface area contributed by atoms with Crippen LogP contribution in [-0.4, -0.2) is 36.1 Å². The molecule has 0 aliphatic carbocycles. The highest BCUT2D eigenvalue weighted by Crippen LogP contribution is 2.11. The van der Waals surface area contributed by atoms with Crippen molar-refractivity contribution in [2.24, 2.45) is 0 Å². The standard InChI is InChI=1S/C10H14NO3P/c1-8-2-3-9(12)11(8)5-7-14-6-4-10(13)15/h2-3H,1,4-7,15H2. The van der Waals surface area contributed by atoms with Crippen molar-refractivity contribution in [1.82, 2.24) is 4.90 Å². The molecule has 0 aromatic heterocycles. The fourth-order valence-corrected chi connectivity index (χ4v) is 1.29. The fraction of sp³-hybridized carbons (Fsp3) is 0.400. The van der Waals surface area contributed by atoms with Crippen molar-refractivity contribution in [2.45, 2.75) is 6.42 Å². The molecule has 5 heteroatoms. The molecular weight excluding hydrogens is 213 g/mol. The first-order valence-electron chi connectivity index (χ1n) is 4.66. The summed E-state index contributed by atoms with van der Waals surface area (Å²) in [5, 5.41) is 0. The second kappa shape index (κ2) is 5.79. The van der Waals surface area contributed by atoms with E-state index in [2.05, 4.69) is 15.8 Å². The third kappa shape index (κ3) is 3.94. The lowest BCUT2D eigenvalue weighted by atomic mass is 10.4. The summed E-state index contributed by atoms with van der Waals surface area (Å²) in [6, 6.07) is 0. The number of hydrogen-bond acceptors (Lipinski definition) is 3. The van der Waals surface area contributed by atoms with Gasteiger partial charge in [0.05, 0.1) is 13.2 Å². The Labute approximate surface area is 91.2 Å². The van der Waals surface area contributed by atoms with E-state index in [1.165, 1.54) is 6.08 Å². The van der Waals surface area contributed by atoms with Gasteiger partial charge >= 0.3 is 0 Å². The van der Waals surface area contributed by atoms with E-state index in [1.54, 1.807) is 11.0 Å². The molecule has 0 aromatic rings. The monoisotopic (exact) mass is 227 g/mol. The van der Waals surface area contributed by atoms with Crippen LogP contribution in [0.4, 0.5) is 0 Å². The summed E-state index contributed by atoms with van der Waals surface area (Å²) in [5.41, 5.74) is 0.712. The molecule has 82 valence electrons. The molecular formula is C10H14NO3P. The number of nitrogens with zero attached hydrogens (tertiary/aromatic N) is 1. The number of carbonyl (C=O) groups excluding carboxylic acids is 2. The number of ether oxygens (including phenoxy) is 1. The molecule has 0 aromatic carbocycles. The first-order valence-corrected chi connectivity index (χ1v) is 5.23. The molecule has 1 unspecified atom stereocenters. The van der Waals surface area contributed by atoms with Crippen LogP contribution in [0.25, 0.3) is 0 Å².